The molecule has 0 saturated carbocycles. The number of hydrogen-bond acceptors (Lipinski definition) is 5. The molecule has 3 rings (SSSR count). The minimum atomic E-state index is 0.0319. The summed E-state index contributed by atoms with van der Waals surface area (Å²) < 4.78 is 16.1. The Morgan fingerprint density at radius 3 is 2.56 bits per heavy atom. The van der Waals surface area contributed by atoms with Crippen molar-refractivity contribution < 1.29 is 23.8 Å². The standard InChI is InChI=1S/C20H28N2O5/c1-25-15-19(23)22-8-2-3-16(13-22)14-27-18-6-4-17(5-7-18)20(24)21-9-11-26-12-10-21/h4-7,16H,2-3,8-15H2,1H3/t16-/m1/s1. The number of hydrogen-bond donors (Lipinski definition) is 0. The minimum Gasteiger partial charge on any atom is -0.493 e. The zero-order valence-corrected chi connectivity index (χ0v) is 15.9. The van der Waals surface area contributed by atoms with Gasteiger partial charge in [0.2, 0.25) is 5.91 Å². The maximum atomic E-state index is 12.5. The summed E-state index contributed by atoms with van der Waals surface area (Å²) in [5.74, 6) is 1.13. The lowest BCUT2D eigenvalue weighted by Crippen LogP contribution is -2.43. The highest BCUT2D eigenvalue weighted by molar-refractivity contribution is 5.94. The first-order valence-corrected chi connectivity index (χ1v) is 9.54. The lowest BCUT2D eigenvalue weighted by Gasteiger charge is -2.32. The van der Waals surface area contributed by atoms with Gasteiger partial charge in [-0.25, -0.2) is 0 Å². The second-order valence-electron chi connectivity index (χ2n) is 7.02. The van der Waals surface area contributed by atoms with E-state index in [0.29, 0.717) is 50.9 Å². The van der Waals surface area contributed by atoms with Gasteiger partial charge in [-0.1, -0.05) is 0 Å². The largest absolute Gasteiger partial charge is 0.493 e. The minimum absolute atomic E-state index is 0.0319. The monoisotopic (exact) mass is 376 g/mol. The Kier molecular flexibility index (Phi) is 7.06. The molecule has 2 fully saturated rings. The summed E-state index contributed by atoms with van der Waals surface area (Å²) in [4.78, 5) is 28.1. The number of rotatable bonds is 6. The number of carbonyl (C=O) groups excluding carboxylic acids is 2. The van der Waals surface area contributed by atoms with E-state index in [1.165, 1.54) is 7.11 Å². The second-order valence-corrected chi connectivity index (χ2v) is 7.02. The summed E-state index contributed by atoms with van der Waals surface area (Å²) in [6.07, 6.45) is 2.03. The van der Waals surface area contributed by atoms with E-state index in [-0.39, 0.29) is 18.4 Å². The second kappa shape index (κ2) is 9.71. The molecular formula is C20H28N2O5. The molecule has 2 aliphatic heterocycles. The maximum Gasteiger partial charge on any atom is 0.254 e. The molecule has 2 saturated heterocycles. The van der Waals surface area contributed by atoms with Gasteiger partial charge in [0.15, 0.2) is 0 Å². The molecule has 1 atom stereocenters. The molecule has 0 radical (unpaired) electrons. The van der Waals surface area contributed by atoms with Gasteiger partial charge in [0.1, 0.15) is 12.4 Å². The number of ether oxygens (including phenoxy) is 3. The molecule has 7 heteroatoms. The van der Waals surface area contributed by atoms with Gasteiger partial charge in [0.25, 0.3) is 5.91 Å². The number of methoxy groups -OCH3 is 1. The fourth-order valence-corrected chi connectivity index (χ4v) is 3.50. The summed E-state index contributed by atoms with van der Waals surface area (Å²) in [5.41, 5.74) is 0.665. The van der Waals surface area contributed by atoms with Gasteiger partial charge in [-0.15, -0.1) is 0 Å². The van der Waals surface area contributed by atoms with E-state index in [2.05, 4.69) is 0 Å². The highest BCUT2D eigenvalue weighted by Gasteiger charge is 2.24. The molecule has 148 valence electrons. The van der Waals surface area contributed by atoms with Crippen molar-refractivity contribution in [3.05, 3.63) is 29.8 Å². The Balaban J connectivity index is 1.48. The summed E-state index contributed by atoms with van der Waals surface area (Å²) in [6.45, 7) is 4.65. The average Bonchev–Trinajstić information content (AvgIpc) is 2.73. The molecule has 0 aromatic heterocycles. The maximum absolute atomic E-state index is 12.5. The Bertz CT molecular complexity index is 628. The number of nitrogens with zero attached hydrogens (tertiary/aromatic N) is 2. The molecule has 27 heavy (non-hydrogen) atoms. The Morgan fingerprint density at radius 1 is 1.11 bits per heavy atom. The highest BCUT2D eigenvalue weighted by atomic mass is 16.5. The van der Waals surface area contributed by atoms with Crippen LogP contribution >= 0.6 is 0 Å². The Morgan fingerprint density at radius 2 is 1.85 bits per heavy atom. The molecule has 2 amide bonds. The van der Waals surface area contributed by atoms with E-state index in [1.807, 2.05) is 34.1 Å². The van der Waals surface area contributed by atoms with E-state index < -0.39 is 0 Å². The quantitative estimate of drug-likeness (QED) is 0.751. The summed E-state index contributed by atoms with van der Waals surface area (Å²) in [5, 5.41) is 0. The smallest absolute Gasteiger partial charge is 0.254 e. The summed E-state index contributed by atoms with van der Waals surface area (Å²) in [7, 11) is 1.54. The molecule has 0 bridgehead atoms. The van der Waals surface area contributed by atoms with Crippen molar-refractivity contribution in [2.45, 2.75) is 12.8 Å². The molecule has 0 spiro atoms. The predicted molar refractivity (Wildman–Crippen MR) is 99.8 cm³/mol. The average molecular weight is 376 g/mol. The number of benzene rings is 1. The molecule has 2 aliphatic rings. The summed E-state index contributed by atoms with van der Waals surface area (Å²) in [6, 6.07) is 7.29. The zero-order chi connectivity index (χ0) is 19.1. The van der Waals surface area contributed by atoms with Crippen LogP contribution in [0.3, 0.4) is 0 Å². The molecule has 1 aromatic carbocycles. The first kappa shape index (κ1) is 19.6. The van der Waals surface area contributed by atoms with Crippen LogP contribution in [0, 0.1) is 5.92 Å². The van der Waals surface area contributed by atoms with Gasteiger partial charge in [0.05, 0.1) is 19.8 Å². The van der Waals surface area contributed by atoms with E-state index in [9.17, 15) is 9.59 Å². The third kappa shape index (κ3) is 5.43. The Hall–Kier alpha value is -2.12. The lowest BCUT2D eigenvalue weighted by atomic mass is 9.99. The van der Waals surface area contributed by atoms with Crippen LogP contribution in [0.2, 0.25) is 0 Å². The first-order chi connectivity index (χ1) is 13.2. The van der Waals surface area contributed by atoms with E-state index in [0.717, 1.165) is 25.1 Å². The van der Waals surface area contributed by atoms with Crippen LogP contribution in [0.15, 0.2) is 24.3 Å². The van der Waals surface area contributed by atoms with Crippen molar-refractivity contribution >= 4 is 11.8 Å². The molecular weight excluding hydrogens is 348 g/mol. The fraction of sp³-hybridized carbons (Fsp3) is 0.600. The number of piperidine rings is 1. The molecule has 1 aromatic rings. The van der Waals surface area contributed by atoms with Crippen molar-refractivity contribution in [3.63, 3.8) is 0 Å². The third-order valence-electron chi connectivity index (χ3n) is 5.02. The molecule has 0 aliphatic carbocycles. The molecule has 7 nitrogen and oxygen atoms in total. The van der Waals surface area contributed by atoms with Crippen molar-refractivity contribution in [3.8, 4) is 5.75 Å². The van der Waals surface area contributed by atoms with Crippen LogP contribution in [0.5, 0.6) is 5.75 Å². The van der Waals surface area contributed by atoms with E-state index in [1.54, 1.807) is 0 Å². The first-order valence-electron chi connectivity index (χ1n) is 9.54. The van der Waals surface area contributed by atoms with Crippen LogP contribution in [0.4, 0.5) is 0 Å². The van der Waals surface area contributed by atoms with Crippen LogP contribution in [-0.2, 0) is 14.3 Å². The van der Waals surface area contributed by atoms with Crippen molar-refractivity contribution in [2.75, 3.05) is 59.7 Å². The topological polar surface area (TPSA) is 68.3 Å². The predicted octanol–water partition coefficient (Wildman–Crippen LogP) is 1.42. The SMILES string of the molecule is COCC(=O)N1CCC[C@@H](COc2ccc(C(=O)N3CCOCC3)cc2)C1. The fourth-order valence-electron chi connectivity index (χ4n) is 3.50. The van der Waals surface area contributed by atoms with Crippen LogP contribution in [0.25, 0.3) is 0 Å². The van der Waals surface area contributed by atoms with Crippen LogP contribution < -0.4 is 4.74 Å². The van der Waals surface area contributed by atoms with Crippen molar-refractivity contribution in [1.82, 2.24) is 9.80 Å². The Labute approximate surface area is 160 Å². The molecule has 0 unspecified atom stereocenters. The molecule has 0 N–H and O–H groups in total. The lowest BCUT2D eigenvalue weighted by molar-refractivity contribution is -0.137. The number of amides is 2. The van der Waals surface area contributed by atoms with Gasteiger partial charge in [0, 0.05) is 44.8 Å². The number of carbonyl (C=O) groups is 2. The summed E-state index contributed by atoms with van der Waals surface area (Å²) >= 11 is 0. The van der Waals surface area contributed by atoms with E-state index >= 15 is 0 Å². The van der Waals surface area contributed by atoms with Crippen LogP contribution in [-0.4, -0.2) is 81.3 Å². The van der Waals surface area contributed by atoms with Gasteiger partial charge in [-0.05, 0) is 37.1 Å². The number of morpholine rings is 1. The van der Waals surface area contributed by atoms with E-state index in [4.69, 9.17) is 14.2 Å². The van der Waals surface area contributed by atoms with Crippen molar-refractivity contribution in [1.29, 1.82) is 0 Å². The van der Waals surface area contributed by atoms with Gasteiger partial charge < -0.3 is 24.0 Å². The molecule has 2 heterocycles. The van der Waals surface area contributed by atoms with Gasteiger partial charge in [-0.2, -0.15) is 0 Å². The number of likely N-dealkylation sites (tertiary alicyclic amines) is 1. The van der Waals surface area contributed by atoms with Gasteiger partial charge >= 0.3 is 0 Å². The van der Waals surface area contributed by atoms with Gasteiger partial charge in [-0.3, -0.25) is 9.59 Å². The van der Waals surface area contributed by atoms with Crippen molar-refractivity contribution in [2.24, 2.45) is 5.92 Å². The third-order valence-corrected chi connectivity index (χ3v) is 5.02. The highest BCUT2D eigenvalue weighted by Crippen LogP contribution is 2.20. The normalized spacial score (nSPS) is 20.4. The zero-order valence-electron chi connectivity index (χ0n) is 15.9. The van der Waals surface area contributed by atoms with Crippen LogP contribution in [0.1, 0.15) is 23.2 Å².